The van der Waals surface area contributed by atoms with E-state index in [1.807, 2.05) is 6.07 Å². The zero-order chi connectivity index (χ0) is 13.8. The molecular weight excluding hydrogens is 351 g/mol. The van der Waals surface area contributed by atoms with Crippen LogP contribution in [0.5, 0.6) is 0 Å². The Morgan fingerprint density at radius 3 is 2.28 bits per heavy atom. The molecule has 1 nitrogen and oxygen atoms in total. The highest BCUT2D eigenvalue weighted by molar-refractivity contribution is 14.1. The number of hydrogen-bond donors (Lipinski definition) is 0. The Bertz CT molecular complexity index is 404. The van der Waals surface area contributed by atoms with Gasteiger partial charge in [-0.25, -0.2) is 0 Å². The molecule has 0 heterocycles. The molecule has 18 heavy (non-hydrogen) atoms. The minimum Gasteiger partial charge on any atom is -0.413 e. The lowest BCUT2D eigenvalue weighted by Gasteiger charge is -2.35. The van der Waals surface area contributed by atoms with Crippen LogP contribution in [0, 0.1) is 0 Å². The standard InChI is InChI=1S/C15H23IOSi/c1-15(2,3)18(4,5)17-12-11-14(16)13-9-7-6-8-10-13/h6-11H,12H2,1-5H3/b14-11-. The van der Waals surface area contributed by atoms with Crippen LogP contribution in [-0.4, -0.2) is 14.9 Å². The number of rotatable bonds is 4. The van der Waals surface area contributed by atoms with Crippen LogP contribution >= 0.6 is 22.6 Å². The molecule has 0 aromatic heterocycles. The van der Waals surface area contributed by atoms with Crippen LogP contribution in [0.15, 0.2) is 36.4 Å². The van der Waals surface area contributed by atoms with E-state index in [9.17, 15) is 0 Å². The van der Waals surface area contributed by atoms with Crippen molar-refractivity contribution in [2.45, 2.75) is 38.9 Å². The van der Waals surface area contributed by atoms with E-state index in [2.05, 4.69) is 86.8 Å². The highest BCUT2D eigenvalue weighted by atomic mass is 127. The van der Waals surface area contributed by atoms with E-state index >= 15 is 0 Å². The van der Waals surface area contributed by atoms with E-state index in [0.29, 0.717) is 6.61 Å². The van der Waals surface area contributed by atoms with Gasteiger partial charge in [0.25, 0.3) is 0 Å². The largest absolute Gasteiger partial charge is 0.413 e. The fourth-order valence-corrected chi connectivity index (χ4v) is 2.73. The molecule has 0 saturated carbocycles. The maximum absolute atomic E-state index is 6.14. The molecule has 0 saturated heterocycles. The zero-order valence-corrected chi connectivity index (χ0v) is 15.1. The van der Waals surface area contributed by atoms with Crippen LogP contribution < -0.4 is 0 Å². The minimum atomic E-state index is -1.62. The molecule has 0 bridgehead atoms. The van der Waals surface area contributed by atoms with E-state index in [-0.39, 0.29) is 5.04 Å². The highest BCUT2D eigenvalue weighted by Crippen LogP contribution is 2.36. The Labute approximate surface area is 126 Å². The molecule has 0 aliphatic rings. The maximum atomic E-state index is 6.14. The van der Waals surface area contributed by atoms with Gasteiger partial charge in [-0.3, -0.25) is 0 Å². The molecule has 0 fully saturated rings. The van der Waals surface area contributed by atoms with Crippen molar-refractivity contribution in [2.75, 3.05) is 6.61 Å². The average Bonchev–Trinajstić information content (AvgIpc) is 2.28. The Hall–Kier alpha value is -0.133. The molecule has 0 aliphatic heterocycles. The lowest BCUT2D eigenvalue weighted by Crippen LogP contribution is -2.40. The molecule has 100 valence electrons. The monoisotopic (exact) mass is 374 g/mol. The Morgan fingerprint density at radius 2 is 1.78 bits per heavy atom. The average molecular weight is 374 g/mol. The van der Waals surface area contributed by atoms with Gasteiger partial charge in [0.1, 0.15) is 0 Å². The first-order valence-corrected chi connectivity index (χ1v) is 10.3. The first-order valence-electron chi connectivity index (χ1n) is 6.29. The van der Waals surface area contributed by atoms with E-state index in [1.165, 1.54) is 9.14 Å². The Kier molecular flexibility index (Phi) is 5.61. The molecule has 1 rings (SSSR count). The van der Waals surface area contributed by atoms with Gasteiger partial charge in [-0.15, -0.1) is 0 Å². The third kappa shape index (κ3) is 4.52. The van der Waals surface area contributed by atoms with Crippen molar-refractivity contribution < 1.29 is 4.43 Å². The topological polar surface area (TPSA) is 9.23 Å². The van der Waals surface area contributed by atoms with Gasteiger partial charge in [0.05, 0.1) is 6.61 Å². The zero-order valence-electron chi connectivity index (χ0n) is 12.0. The van der Waals surface area contributed by atoms with E-state index < -0.39 is 8.32 Å². The smallest absolute Gasteiger partial charge is 0.192 e. The van der Waals surface area contributed by atoms with Crippen molar-refractivity contribution in [1.29, 1.82) is 0 Å². The molecule has 0 atom stereocenters. The second kappa shape index (κ2) is 6.35. The van der Waals surface area contributed by atoms with Gasteiger partial charge >= 0.3 is 0 Å². The van der Waals surface area contributed by atoms with Gasteiger partial charge in [-0.05, 0) is 52.4 Å². The SMILES string of the molecule is CC(C)(C)[Si](C)(C)OC/C=C(\I)c1ccccc1. The molecule has 0 N–H and O–H groups in total. The van der Waals surface area contributed by atoms with Crippen LogP contribution in [0.3, 0.4) is 0 Å². The number of benzene rings is 1. The molecule has 3 heteroatoms. The molecule has 0 radical (unpaired) electrons. The van der Waals surface area contributed by atoms with E-state index in [4.69, 9.17) is 4.43 Å². The predicted molar refractivity (Wildman–Crippen MR) is 91.6 cm³/mol. The van der Waals surface area contributed by atoms with Gasteiger partial charge < -0.3 is 4.43 Å². The summed E-state index contributed by atoms with van der Waals surface area (Å²) in [7, 11) is -1.62. The fourth-order valence-electron chi connectivity index (χ4n) is 1.25. The van der Waals surface area contributed by atoms with E-state index in [0.717, 1.165) is 0 Å². The third-order valence-corrected chi connectivity index (χ3v) is 9.13. The van der Waals surface area contributed by atoms with Gasteiger partial charge in [0.2, 0.25) is 0 Å². The normalized spacial score (nSPS) is 13.8. The summed E-state index contributed by atoms with van der Waals surface area (Å²) in [6.07, 6.45) is 2.18. The molecule has 1 aromatic carbocycles. The quantitative estimate of drug-likeness (QED) is 0.501. The lowest BCUT2D eigenvalue weighted by atomic mass is 10.2. The predicted octanol–water partition coefficient (Wildman–Crippen LogP) is 5.48. The van der Waals surface area contributed by atoms with Crippen molar-refractivity contribution in [1.82, 2.24) is 0 Å². The summed E-state index contributed by atoms with van der Waals surface area (Å²) in [5, 5.41) is 0.277. The van der Waals surface area contributed by atoms with Crippen molar-refractivity contribution in [2.24, 2.45) is 0 Å². The Morgan fingerprint density at radius 1 is 1.22 bits per heavy atom. The van der Waals surface area contributed by atoms with Crippen molar-refractivity contribution in [3.8, 4) is 0 Å². The molecule has 0 spiro atoms. The van der Waals surface area contributed by atoms with E-state index in [1.54, 1.807) is 0 Å². The summed E-state index contributed by atoms with van der Waals surface area (Å²) in [5.74, 6) is 0. The van der Waals surface area contributed by atoms with Gasteiger partial charge in [-0.1, -0.05) is 51.1 Å². The van der Waals surface area contributed by atoms with Gasteiger partial charge in [0.15, 0.2) is 8.32 Å². The molecule has 0 aliphatic carbocycles. The third-order valence-electron chi connectivity index (χ3n) is 3.56. The van der Waals surface area contributed by atoms with Crippen LogP contribution in [-0.2, 0) is 4.43 Å². The second-order valence-electron chi connectivity index (χ2n) is 5.99. The summed E-state index contributed by atoms with van der Waals surface area (Å²) in [6.45, 7) is 12.1. The van der Waals surface area contributed by atoms with Crippen molar-refractivity contribution >= 4 is 34.5 Å². The van der Waals surface area contributed by atoms with Crippen LogP contribution in [0.4, 0.5) is 0 Å². The van der Waals surface area contributed by atoms with Crippen molar-refractivity contribution in [3.05, 3.63) is 42.0 Å². The summed E-state index contributed by atoms with van der Waals surface area (Å²) in [5.41, 5.74) is 1.26. The fraction of sp³-hybridized carbons (Fsp3) is 0.467. The summed E-state index contributed by atoms with van der Waals surface area (Å²) in [4.78, 5) is 0. The summed E-state index contributed by atoms with van der Waals surface area (Å²) >= 11 is 2.38. The minimum absolute atomic E-state index is 0.277. The maximum Gasteiger partial charge on any atom is 0.192 e. The van der Waals surface area contributed by atoms with Gasteiger partial charge in [-0.2, -0.15) is 0 Å². The first kappa shape index (κ1) is 15.9. The van der Waals surface area contributed by atoms with Gasteiger partial charge in [0, 0.05) is 3.58 Å². The van der Waals surface area contributed by atoms with Crippen LogP contribution in [0.1, 0.15) is 26.3 Å². The van der Waals surface area contributed by atoms with Crippen LogP contribution in [0.2, 0.25) is 18.1 Å². The van der Waals surface area contributed by atoms with Crippen LogP contribution in [0.25, 0.3) is 3.58 Å². The first-order chi connectivity index (χ1) is 8.24. The highest BCUT2D eigenvalue weighted by Gasteiger charge is 2.36. The molecule has 0 unspecified atom stereocenters. The number of halogens is 1. The number of hydrogen-bond acceptors (Lipinski definition) is 1. The summed E-state index contributed by atoms with van der Waals surface area (Å²) in [6, 6.07) is 10.4. The lowest BCUT2D eigenvalue weighted by molar-refractivity contribution is 0.328. The molecule has 1 aromatic rings. The molecular formula is C15H23IOSi. The Balaban J connectivity index is 2.61. The van der Waals surface area contributed by atoms with Crippen molar-refractivity contribution in [3.63, 3.8) is 0 Å². The summed E-state index contributed by atoms with van der Waals surface area (Å²) < 4.78 is 7.40. The second-order valence-corrected chi connectivity index (χ2v) is 12.0. The molecule has 0 amide bonds.